The third-order valence-electron chi connectivity index (χ3n) is 3.79. The molecule has 2 aliphatic rings. The molecule has 0 amide bonds. The molecule has 1 spiro atoms. The molecule has 0 aromatic carbocycles. The lowest BCUT2D eigenvalue weighted by molar-refractivity contribution is -0.155. The van der Waals surface area contributed by atoms with Gasteiger partial charge in [-0.2, -0.15) is 0 Å². The van der Waals surface area contributed by atoms with Crippen LogP contribution < -0.4 is 4.74 Å². The third kappa shape index (κ3) is 2.65. The lowest BCUT2D eigenvalue weighted by atomic mass is 9.85. The minimum atomic E-state index is -0.0105. The smallest absolute Gasteiger partial charge is 0.138 e. The molecule has 4 heteroatoms. The maximum atomic E-state index is 6.00. The lowest BCUT2D eigenvalue weighted by Gasteiger charge is -2.43. The molecule has 4 nitrogen and oxygen atoms in total. The monoisotopic (exact) mass is 249 g/mol. The molecule has 0 bridgehead atoms. The summed E-state index contributed by atoms with van der Waals surface area (Å²) >= 11 is 0. The molecule has 1 unspecified atom stereocenters. The normalized spacial score (nSPS) is 27.0. The highest BCUT2D eigenvalue weighted by Gasteiger charge is 2.39. The summed E-state index contributed by atoms with van der Waals surface area (Å²) in [6.45, 7) is 2.39. The second-order valence-corrected chi connectivity index (χ2v) is 5.07. The Kier molecular flexibility index (Phi) is 3.48. The molecule has 3 rings (SSSR count). The standard InChI is InChI=1S/C14H19NO3/c1-2-13(11-15-6-1)18-12-3-7-17-14(10-12)4-8-16-9-5-14/h1-2,6,11-12H,3-5,7-10H2. The number of hydrogen-bond acceptors (Lipinski definition) is 4. The summed E-state index contributed by atoms with van der Waals surface area (Å²) in [5.74, 6) is 0.853. The van der Waals surface area contributed by atoms with Gasteiger partial charge in [0.25, 0.3) is 0 Å². The molecule has 0 N–H and O–H groups in total. The Bertz CT molecular complexity index is 370. The topological polar surface area (TPSA) is 40.6 Å². The van der Waals surface area contributed by atoms with Crippen molar-refractivity contribution in [3.05, 3.63) is 24.5 Å². The molecule has 1 aromatic rings. The molecular formula is C14H19NO3. The first-order valence-corrected chi connectivity index (χ1v) is 6.65. The SMILES string of the molecule is c1cncc(OC2CCOC3(CCOCC3)C2)c1. The Balaban J connectivity index is 1.63. The van der Waals surface area contributed by atoms with Gasteiger partial charge in [-0.25, -0.2) is 0 Å². The molecular weight excluding hydrogens is 230 g/mol. The van der Waals surface area contributed by atoms with Crippen LogP contribution in [0.2, 0.25) is 0 Å². The summed E-state index contributed by atoms with van der Waals surface area (Å²) in [5.41, 5.74) is -0.0105. The Hall–Kier alpha value is -1.13. The van der Waals surface area contributed by atoms with Crippen molar-refractivity contribution in [1.29, 1.82) is 0 Å². The van der Waals surface area contributed by atoms with Gasteiger partial charge in [0.2, 0.25) is 0 Å². The van der Waals surface area contributed by atoms with Crippen LogP contribution in [0.15, 0.2) is 24.5 Å². The van der Waals surface area contributed by atoms with E-state index in [0.717, 1.165) is 51.3 Å². The quantitative estimate of drug-likeness (QED) is 0.805. The van der Waals surface area contributed by atoms with E-state index >= 15 is 0 Å². The van der Waals surface area contributed by atoms with Crippen LogP contribution >= 0.6 is 0 Å². The van der Waals surface area contributed by atoms with Gasteiger partial charge in [-0.05, 0) is 25.0 Å². The fraction of sp³-hybridized carbons (Fsp3) is 0.643. The van der Waals surface area contributed by atoms with Crippen molar-refractivity contribution in [2.24, 2.45) is 0 Å². The van der Waals surface area contributed by atoms with E-state index in [4.69, 9.17) is 14.2 Å². The number of nitrogens with zero attached hydrogens (tertiary/aromatic N) is 1. The number of pyridine rings is 1. The fourth-order valence-electron chi connectivity index (χ4n) is 2.78. The van der Waals surface area contributed by atoms with E-state index in [1.165, 1.54) is 0 Å². The molecule has 1 aromatic heterocycles. The molecule has 3 heterocycles. The van der Waals surface area contributed by atoms with Crippen molar-refractivity contribution in [1.82, 2.24) is 4.98 Å². The molecule has 0 radical (unpaired) electrons. The van der Waals surface area contributed by atoms with Gasteiger partial charge >= 0.3 is 0 Å². The lowest BCUT2D eigenvalue weighted by Crippen LogP contribution is -2.47. The first kappa shape index (κ1) is 11.9. The average Bonchev–Trinajstić information content (AvgIpc) is 2.41. The molecule has 2 aliphatic heterocycles. The summed E-state index contributed by atoms with van der Waals surface area (Å²) in [5, 5.41) is 0. The van der Waals surface area contributed by atoms with Gasteiger partial charge in [-0.3, -0.25) is 4.98 Å². The second kappa shape index (κ2) is 5.24. The average molecular weight is 249 g/mol. The largest absolute Gasteiger partial charge is 0.489 e. The van der Waals surface area contributed by atoms with Crippen LogP contribution in [0.3, 0.4) is 0 Å². The number of aromatic nitrogens is 1. The number of rotatable bonds is 2. The van der Waals surface area contributed by atoms with Crippen LogP contribution in [-0.4, -0.2) is 36.5 Å². The zero-order valence-electron chi connectivity index (χ0n) is 10.5. The molecule has 2 fully saturated rings. The van der Waals surface area contributed by atoms with E-state index in [1.54, 1.807) is 12.4 Å². The predicted molar refractivity (Wildman–Crippen MR) is 66.6 cm³/mol. The van der Waals surface area contributed by atoms with Crippen LogP contribution in [-0.2, 0) is 9.47 Å². The van der Waals surface area contributed by atoms with E-state index in [2.05, 4.69) is 4.98 Å². The molecule has 18 heavy (non-hydrogen) atoms. The van der Waals surface area contributed by atoms with Crippen LogP contribution in [0.4, 0.5) is 0 Å². The van der Waals surface area contributed by atoms with Gasteiger partial charge in [-0.1, -0.05) is 0 Å². The van der Waals surface area contributed by atoms with Gasteiger partial charge in [0.15, 0.2) is 0 Å². The summed E-state index contributed by atoms with van der Waals surface area (Å²) < 4.78 is 17.4. The minimum absolute atomic E-state index is 0.0105. The van der Waals surface area contributed by atoms with Crippen molar-refractivity contribution >= 4 is 0 Å². The Morgan fingerprint density at radius 1 is 1.28 bits per heavy atom. The zero-order valence-corrected chi connectivity index (χ0v) is 10.5. The maximum Gasteiger partial charge on any atom is 0.138 e. The van der Waals surface area contributed by atoms with Crippen molar-refractivity contribution in [3.8, 4) is 5.75 Å². The summed E-state index contributed by atoms with van der Waals surface area (Å²) in [7, 11) is 0. The van der Waals surface area contributed by atoms with E-state index in [9.17, 15) is 0 Å². The maximum absolute atomic E-state index is 6.00. The molecule has 2 saturated heterocycles. The number of hydrogen-bond donors (Lipinski definition) is 0. The second-order valence-electron chi connectivity index (χ2n) is 5.07. The molecule has 1 atom stereocenters. The van der Waals surface area contributed by atoms with Crippen LogP contribution in [0.1, 0.15) is 25.7 Å². The Morgan fingerprint density at radius 2 is 2.17 bits per heavy atom. The fourth-order valence-corrected chi connectivity index (χ4v) is 2.78. The minimum Gasteiger partial charge on any atom is -0.489 e. The first-order chi connectivity index (χ1) is 8.86. The van der Waals surface area contributed by atoms with E-state index < -0.39 is 0 Å². The zero-order chi connectivity index (χ0) is 12.3. The van der Waals surface area contributed by atoms with Crippen molar-refractivity contribution in [2.45, 2.75) is 37.4 Å². The van der Waals surface area contributed by atoms with Gasteiger partial charge in [0, 0.05) is 32.3 Å². The molecule has 98 valence electrons. The van der Waals surface area contributed by atoms with Crippen molar-refractivity contribution in [3.63, 3.8) is 0 Å². The van der Waals surface area contributed by atoms with Gasteiger partial charge in [0.1, 0.15) is 11.9 Å². The van der Waals surface area contributed by atoms with E-state index in [0.29, 0.717) is 0 Å². The third-order valence-corrected chi connectivity index (χ3v) is 3.79. The number of ether oxygens (including phenoxy) is 3. The Morgan fingerprint density at radius 3 is 2.94 bits per heavy atom. The van der Waals surface area contributed by atoms with Gasteiger partial charge in [-0.15, -0.1) is 0 Å². The van der Waals surface area contributed by atoms with Crippen molar-refractivity contribution in [2.75, 3.05) is 19.8 Å². The van der Waals surface area contributed by atoms with E-state index in [-0.39, 0.29) is 11.7 Å². The molecule has 0 saturated carbocycles. The summed E-state index contributed by atoms with van der Waals surface area (Å²) in [6.07, 6.45) is 7.66. The summed E-state index contributed by atoms with van der Waals surface area (Å²) in [6, 6.07) is 3.86. The van der Waals surface area contributed by atoms with Gasteiger partial charge < -0.3 is 14.2 Å². The summed E-state index contributed by atoms with van der Waals surface area (Å²) in [4.78, 5) is 4.08. The van der Waals surface area contributed by atoms with Crippen LogP contribution in [0.25, 0.3) is 0 Å². The van der Waals surface area contributed by atoms with Crippen LogP contribution in [0, 0.1) is 0 Å². The highest BCUT2D eigenvalue weighted by molar-refractivity contribution is 5.16. The van der Waals surface area contributed by atoms with E-state index in [1.807, 2.05) is 12.1 Å². The molecule has 0 aliphatic carbocycles. The first-order valence-electron chi connectivity index (χ1n) is 6.65. The van der Waals surface area contributed by atoms with Crippen molar-refractivity contribution < 1.29 is 14.2 Å². The predicted octanol–water partition coefficient (Wildman–Crippen LogP) is 2.19. The van der Waals surface area contributed by atoms with Crippen LogP contribution in [0.5, 0.6) is 5.75 Å². The van der Waals surface area contributed by atoms with Gasteiger partial charge in [0.05, 0.1) is 18.4 Å². The Labute approximate surface area is 107 Å². The highest BCUT2D eigenvalue weighted by Crippen LogP contribution is 2.35. The highest BCUT2D eigenvalue weighted by atomic mass is 16.5.